The molecule has 0 saturated heterocycles. The third kappa shape index (κ3) is 3.86. The molecule has 5 nitrogen and oxygen atoms in total. The molecule has 5 aromatic rings. The van der Waals surface area contributed by atoms with E-state index in [1.165, 1.54) is 0 Å². The van der Waals surface area contributed by atoms with Crippen LogP contribution in [0.15, 0.2) is 105 Å². The van der Waals surface area contributed by atoms with Crippen LogP contribution in [0.1, 0.15) is 11.1 Å². The number of rotatable bonds is 5. The van der Waals surface area contributed by atoms with Crippen molar-refractivity contribution < 1.29 is 4.42 Å². The SMILES string of the molecule is C(=Nn1c(-c2cc3ccccc3o2)csc1=NCc1ccccc1)c1ccncc1. The topological polar surface area (TPSA) is 55.7 Å². The van der Waals surface area contributed by atoms with Crippen molar-refractivity contribution in [1.29, 1.82) is 0 Å². The lowest BCUT2D eigenvalue weighted by Gasteiger charge is -2.01. The van der Waals surface area contributed by atoms with E-state index in [9.17, 15) is 0 Å². The van der Waals surface area contributed by atoms with Gasteiger partial charge in [-0.15, -0.1) is 11.3 Å². The van der Waals surface area contributed by atoms with Gasteiger partial charge in [-0.1, -0.05) is 48.5 Å². The summed E-state index contributed by atoms with van der Waals surface area (Å²) in [5, 5.41) is 7.81. The molecule has 0 aliphatic rings. The van der Waals surface area contributed by atoms with Crippen molar-refractivity contribution in [2.24, 2.45) is 10.1 Å². The molecule has 2 aromatic carbocycles. The zero-order chi connectivity index (χ0) is 20.2. The predicted octanol–water partition coefficient (Wildman–Crippen LogP) is 5.34. The van der Waals surface area contributed by atoms with Crippen LogP contribution in [0.3, 0.4) is 0 Å². The summed E-state index contributed by atoms with van der Waals surface area (Å²) >= 11 is 1.55. The summed E-state index contributed by atoms with van der Waals surface area (Å²) < 4.78 is 7.92. The van der Waals surface area contributed by atoms with Gasteiger partial charge in [0.2, 0.25) is 4.80 Å². The van der Waals surface area contributed by atoms with Gasteiger partial charge in [0.1, 0.15) is 11.3 Å². The van der Waals surface area contributed by atoms with Crippen LogP contribution in [-0.4, -0.2) is 15.9 Å². The number of aromatic nitrogens is 2. The number of furan rings is 1. The van der Waals surface area contributed by atoms with E-state index < -0.39 is 0 Å². The molecule has 0 amide bonds. The molecule has 0 N–H and O–H groups in total. The Morgan fingerprint density at radius 2 is 1.77 bits per heavy atom. The Morgan fingerprint density at radius 3 is 2.60 bits per heavy atom. The molecule has 0 saturated carbocycles. The predicted molar refractivity (Wildman–Crippen MR) is 120 cm³/mol. The molecular formula is C24H18N4OS. The van der Waals surface area contributed by atoms with E-state index in [4.69, 9.17) is 14.5 Å². The number of nitrogens with zero attached hydrogens (tertiary/aromatic N) is 4. The molecule has 0 aliphatic heterocycles. The highest BCUT2D eigenvalue weighted by molar-refractivity contribution is 7.07. The Morgan fingerprint density at radius 1 is 0.967 bits per heavy atom. The van der Waals surface area contributed by atoms with Crippen LogP contribution in [0, 0.1) is 0 Å². The minimum absolute atomic E-state index is 0.589. The van der Waals surface area contributed by atoms with Crippen molar-refractivity contribution in [2.45, 2.75) is 6.54 Å². The Labute approximate surface area is 177 Å². The van der Waals surface area contributed by atoms with E-state index in [-0.39, 0.29) is 0 Å². The number of hydrogen-bond donors (Lipinski definition) is 0. The van der Waals surface area contributed by atoms with Gasteiger partial charge < -0.3 is 4.42 Å². The third-order valence-corrected chi connectivity index (χ3v) is 5.49. The van der Waals surface area contributed by atoms with E-state index in [1.54, 1.807) is 23.7 Å². The fourth-order valence-electron chi connectivity index (χ4n) is 3.11. The summed E-state index contributed by atoms with van der Waals surface area (Å²) in [7, 11) is 0. The first-order chi connectivity index (χ1) is 14.9. The fourth-order valence-corrected chi connectivity index (χ4v) is 3.93. The second-order valence-corrected chi connectivity index (χ2v) is 7.53. The summed E-state index contributed by atoms with van der Waals surface area (Å²) in [6, 6.07) is 24.1. The van der Waals surface area contributed by atoms with Crippen molar-refractivity contribution in [3.05, 3.63) is 106 Å². The quantitative estimate of drug-likeness (QED) is 0.367. The Balaban J connectivity index is 1.59. The molecule has 0 fully saturated rings. The Bertz CT molecular complexity index is 1330. The second-order valence-electron chi connectivity index (χ2n) is 6.69. The van der Waals surface area contributed by atoms with Gasteiger partial charge >= 0.3 is 0 Å². The zero-order valence-corrected chi connectivity index (χ0v) is 16.9. The van der Waals surface area contributed by atoms with Gasteiger partial charge in [0.05, 0.1) is 12.8 Å². The molecule has 0 bridgehead atoms. The maximum Gasteiger partial charge on any atom is 0.206 e. The maximum atomic E-state index is 6.08. The maximum absolute atomic E-state index is 6.08. The number of fused-ring (bicyclic) bond motifs is 1. The van der Waals surface area contributed by atoms with Crippen molar-refractivity contribution in [1.82, 2.24) is 9.66 Å². The second kappa shape index (κ2) is 8.31. The largest absolute Gasteiger partial charge is 0.454 e. The van der Waals surface area contributed by atoms with Crippen molar-refractivity contribution in [3.8, 4) is 11.5 Å². The highest BCUT2D eigenvalue weighted by Crippen LogP contribution is 2.28. The number of thiazole rings is 1. The molecule has 30 heavy (non-hydrogen) atoms. The van der Waals surface area contributed by atoms with Crippen LogP contribution in [0.5, 0.6) is 0 Å². The number of para-hydroxylation sites is 1. The molecule has 0 radical (unpaired) electrons. The minimum atomic E-state index is 0.589. The third-order valence-electron chi connectivity index (χ3n) is 4.63. The summed E-state index contributed by atoms with van der Waals surface area (Å²) in [4.78, 5) is 9.67. The summed E-state index contributed by atoms with van der Waals surface area (Å²) in [5.41, 5.74) is 3.84. The van der Waals surface area contributed by atoms with Crippen LogP contribution in [0.4, 0.5) is 0 Å². The zero-order valence-electron chi connectivity index (χ0n) is 16.1. The molecular weight excluding hydrogens is 392 g/mol. The molecule has 146 valence electrons. The van der Waals surface area contributed by atoms with Gasteiger partial charge in [0, 0.05) is 23.2 Å². The lowest BCUT2D eigenvalue weighted by atomic mass is 10.2. The standard InChI is InChI=1S/C24H18N4OS/c1-2-6-18(7-3-1)15-26-24-28(27-16-19-10-12-25-13-11-19)21(17-30-24)23-14-20-8-4-5-9-22(20)29-23/h1-14,16-17H,15H2. The smallest absolute Gasteiger partial charge is 0.206 e. The summed E-state index contributed by atoms with van der Waals surface area (Å²) in [6.45, 7) is 0.589. The van der Waals surface area contributed by atoms with Gasteiger partial charge in [0.25, 0.3) is 0 Å². The van der Waals surface area contributed by atoms with Gasteiger partial charge in [-0.2, -0.15) is 5.10 Å². The monoisotopic (exact) mass is 410 g/mol. The van der Waals surface area contributed by atoms with Gasteiger partial charge in [0.15, 0.2) is 5.76 Å². The first kappa shape index (κ1) is 18.3. The lowest BCUT2D eigenvalue weighted by Crippen LogP contribution is -2.12. The molecule has 5 rings (SSSR count). The van der Waals surface area contributed by atoms with E-state index in [0.717, 1.165) is 38.4 Å². The van der Waals surface area contributed by atoms with E-state index in [1.807, 2.05) is 76.9 Å². The van der Waals surface area contributed by atoms with Crippen LogP contribution < -0.4 is 4.80 Å². The molecule has 0 spiro atoms. The Hall–Kier alpha value is -3.77. The van der Waals surface area contributed by atoms with Crippen LogP contribution in [0.25, 0.3) is 22.4 Å². The average Bonchev–Trinajstić information content (AvgIpc) is 3.41. The van der Waals surface area contributed by atoms with Crippen LogP contribution >= 0.6 is 11.3 Å². The first-order valence-corrected chi connectivity index (χ1v) is 10.4. The molecule has 0 atom stereocenters. The van der Waals surface area contributed by atoms with E-state index in [0.29, 0.717) is 6.54 Å². The summed E-state index contributed by atoms with van der Waals surface area (Å²) in [6.07, 6.45) is 5.31. The van der Waals surface area contributed by atoms with Crippen LogP contribution in [0.2, 0.25) is 0 Å². The first-order valence-electron chi connectivity index (χ1n) is 9.55. The fraction of sp³-hybridized carbons (Fsp3) is 0.0417. The van der Waals surface area contributed by atoms with E-state index >= 15 is 0 Å². The molecule has 3 aromatic heterocycles. The highest BCUT2D eigenvalue weighted by atomic mass is 32.1. The molecule has 0 unspecified atom stereocenters. The van der Waals surface area contributed by atoms with E-state index in [2.05, 4.69) is 17.1 Å². The van der Waals surface area contributed by atoms with Crippen LogP contribution in [-0.2, 0) is 6.54 Å². The Kier molecular flexibility index (Phi) is 5.06. The number of pyridine rings is 1. The molecule has 0 aliphatic carbocycles. The van der Waals surface area contributed by atoms with Crippen molar-refractivity contribution in [3.63, 3.8) is 0 Å². The van der Waals surface area contributed by atoms with Crippen molar-refractivity contribution >= 4 is 28.5 Å². The van der Waals surface area contributed by atoms with Crippen molar-refractivity contribution in [2.75, 3.05) is 0 Å². The normalized spacial score (nSPS) is 12.2. The van der Waals surface area contributed by atoms with Gasteiger partial charge in [-0.05, 0) is 35.4 Å². The van der Waals surface area contributed by atoms with Gasteiger partial charge in [-0.25, -0.2) is 4.68 Å². The highest BCUT2D eigenvalue weighted by Gasteiger charge is 2.12. The molecule has 3 heterocycles. The average molecular weight is 411 g/mol. The molecule has 6 heteroatoms. The minimum Gasteiger partial charge on any atom is -0.454 e. The van der Waals surface area contributed by atoms with Gasteiger partial charge in [-0.3, -0.25) is 9.98 Å². The number of hydrogen-bond acceptors (Lipinski definition) is 5. The number of benzene rings is 2. The lowest BCUT2D eigenvalue weighted by molar-refractivity contribution is 0.621. The summed E-state index contributed by atoms with van der Waals surface area (Å²) in [5.74, 6) is 0.764.